The van der Waals surface area contributed by atoms with Gasteiger partial charge in [-0.15, -0.1) is 0 Å². The van der Waals surface area contributed by atoms with Gasteiger partial charge in [0.05, 0.1) is 22.4 Å². The average Bonchev–Trinajstić information content (AvgIpc) is 0.817. The quantitative estimate of drug-likeness (QED) is 0.120. The second kappa shape index (κ2) is 26.6. The van der Waals surface area contributed by atoms with Crippen molar-refractivity contribution in [2.24, 2.45) is 0 Å². The van der Waals surface area contributed by atoms with Gasteiger partial charge in [-0.1, -0.05) is 328 Å². The minimum absolute atomic E-state index is 0.0181. The lowest BCUT2D eigenvalue weighted by molar-refractivity contribution is 0.590. The summed E-state index contributed by atoms with van der Waals surface area (Å²) < 4.78 is 2.56. The average molecular weight is 1410 g/mol. The summed E-state index contributed by atoms with van der Waals surface area (Å²) in [6.07, 6.45) is 0. The second-order valence-electron chi connectivity index (χ2n) is 35.4. The van der Waals surface area contributed by atoms with Crippen LogP contribution in [0, 0.1) is 0 Å². The molecular weight excluding hydrogens is 1320 g/mol. The van der Waals surface area contributed by atoms with E-state index in [4.69, 9.17) is 0 Å². The molecule has 0 unspecified atom stereocenters. The van der Waals surface area contributed by atoms with Crippen LogP contribution < -0.4 is 31.1 Å². The minimum Gasteiger partial charge on any atom is -0.311 e. The first-order valence-electron chi connectivity index (χ1n) is 39.0. The van der Waals surface area contributed by atoms with E-state index in [0.717, 1.165) is 113 Å². The fraction of sp³-hybridized carbons (Fsp3) is 0.192. The molecule has 0 fully saturated rings. The van der Waals surface area contributed by atoms with E-state index < -0.39 is 0 Å². The molecule has 1 aromatic heterocycles. The van der Waals surface area contributed by atoms with Crippen LogP contribution in [0.4, 0.5) is 51.2 Å². The molecule has 17 rings (SSSR count). The third-order valence-electron chi connectivity index (χ3n) is 23.0. The topological polar surface area (TPSA) is 14.7 Å². The summed E-state index contributed by atoms with van der Waals surface area (Å²) in [6, 6.07) is 120. The lowest BCUT2D eigenvalue weighted by Crippen LogP contribution is -2.61. The standard InChI is InChI=1S/C104H97BN4/c1-100(2,3)74-45-53-80(54-46-74)106(81-55-47-75(48-56-81)101(4,5)6)79-51-42-68(43-52-79)73-44-58-89-93(62-73)108(98-83(69-30-20-16-21-31-69)38-28-39-84(98)70-32-22-17-23-33-70)95-65-78(104(13,14)15)66-96-97(95)105(89)90-59-57-82(107-91-60-49-76(102(7,8)9)63-87(91)88-64-77(103(10,11)12)50-61-92(88)107)67-94(90)109(96)99-85(71-34-24-18-25-35-71)40-29-41-86(99)72-36-26-19-27-37-72/h16-67H,1-15H3. The molecule has 0 spiro atoms. The molecule has 14 aromatic carbocycles. The van der Waals surface area contributed by atoms with Gasteiger partial charge in [0.15, 0.2) is 0 Å². The van der Waals surface area contributed by atoms with Crippen LogP contribution in [-0.2, 0) is 27.1 Å². The molecule has 3 heterocycles. The Labute approximate surface area is 646 Å². The molecule has 2 aliphatic rings. The largest absolute Gasteiger partial charge is 0.311 e. The Kier molecular flexibility index (Phi) is 17.2. The third-order valence-corrected chi connectivity index (χ3v) is 23.0. The molecule has 5 heteroatoms. The number of anilines is 9. The maximum absolute atomic E-state index is 2.71. The fourth-order valence-corrected chi connectivity index (χ4v) is 16.9. The zero-order valence-electron chi connectivity index (χ0n) is 65.9. The SMILES string of the molecule is CC(C)(C)c1ccc(N(c2ccc(-c3ccc4c(c3)N(c3c(-c5ccccc5)cccc3-c3ccccc3)c3cc(C(C)(C)C)cc5c3B4c3ccc(-n4c6ccc(C(C)(C)C)cc6c6cc(C(C)(C)C)ccc64)cc3N5c3c(-c4ccccc4)cccc3-c3ccccc3)cc2)c2ccc(C(C)(C)C)cc2)cc1. The van der Waals surface area contributed by atoms with Crippen LogP contribution in [0.2, 0.25) is 0 Å². The summed E-state index contributed by atoms with van der Waals surface area (Å²) in [5.41, 5.74) is 34.9. The molecule has 0 aliphatic carbocycles. The van der Waals surface area contributed by atoms with E-state index in [0.29, 0.717) is 0 Å². The first-order chi connectivity index (χ1) is 52.2. The van der Waals surface area contributed by atoms with Crippen molar-refractivity contribution in [3.05, 3.63) is 343 Å². The van der Waals surface area contributed by atoms with Crippen LogP contribution in [0.25, 0.3) is 83.1 Å². The van der Waals surface area contributed by atoms with Gasteiger partial charge >= 0.3 is 0 Å². The Morgan fingerprint density at radius 3 is 0.945 bits per heavy atom. The molecule has 0 atom stereocenters. The number of fused-ring (bicyclic) bond motifs is 7. The van der Waals surface area contributed by atoms with Crippen molar-refractivity contribution in [1.82, 2.24) is 4.57 Å². The Balaban J connectivity index is 0.966. The van der Waals surface area contributed by atoms with Gasteiger partial charge in [0.25, 0.3) is 6.71 Å². The first-order valence-corrected chi connectivity index (χ1v) is 39.0. The van der Waals surface area contributed by atoms with E-state index in [1.807, 2.05) is 0 Å². The number of hydrogen-bond donors (Lipinski definition) is 0. The Bertz CT molecular complexity index is 5710. The second-order valence-corrected chi connectivity index (χ2v) is 35.4. The van der Waals surface area contributed by atoms with Crippen LogP contribution in [0.3, 0.4) is 0 Å². The number of benzene rings is 14. The zero-order valence-corrected chi connectivity index (χ0v) is 65.9. The monoisotopic (exact) mass is 1410 g/mol. The highest BCUT2D eigenvalue weighted by atomic mass is 15.2. The molecular formula is C104H97BN4. The maximum atomic E-state index is 2.71. The highest BCUT2D eigenvalue weighted by Crippen LogP contribution is 2.55. The van der Waals surface area contributed by atoms with Crippen molar-refractivity contribution in [3.63, 3.8) is 0 Å². The van der Waals surface area contributed by atoms with Crippen molar-refractivity contribution in [2.45, 2.75) is 131 Å². The molecule has 0 N–H and O–H groups in total. The van der Waals surface area contributed by atoms with Crippen molar-refractivity contribution in [2.75, 3.05) is 14.7 Å². The zero-order chi connectivity index (χ0) is 75.6. The number of para-hydroxylation sites is 2. The summed E-state index contributed by atoms with van der Waals surface area (Å²) >= 11 is 0. The van der Waals surface area contributed by atoms with Crippen LogP contribution in [0.1, 0.15) is 132 Å². The minimum atomic E-state index is -0.315. The van der Waals surface area contributed by atoms with Crippen molar-refractivity contribution >= 4 is 96.1 Å². The van der Waals surface area contributed by atoms with Crippen LogP contribution in [0.15, 0.2) is 315 Å². The molecule has 0 radical (unpaired) electrons. The predicted molar refractivity (Wildman–Crippen MR) is 470 cm³/mol. The highest BCUT2D eigenvalue weighted by molar-refractivity contribution is 7.00. The first kappa shape index (κ1) is 70.3. The molecule has 0 amide bonds. The highest BCUT2D eigenvalue weighted by Gasteiger charge is 2.46. The number of aromatic nitrogens is 1. The summed E-state index contributed by atoms with van der Waals surface area (Å²) in [6.45, 7) is 34.7. The Morgan fingerprint density at radius 1 is 0.248 bits per heavy atom. The van der Waals surface area contributed by atoms with E-state index in [1.54, 1.807) is 0 Å². The summed E-state index contributed by atoms with van der Waals surface area (Å²) in [5, 5.41) is 2.53. The molecule has 15 aromatic rings. The molecule has 2 aliphatic heterocycles. The molecule has 0 bridgehead atoms. The maximum Gasteiger partial charge on any atom is 0.252 e. The Hall–Kier alpha value is -11.7. The number of nitrogens with zero attached hydrogens (tertiary/aromatic N) is 4. The molecule has 109 heavy (non-hydrogen) atoms. The number of rotatable bonds is 11. The van der Waals surface area contributed by atoms with Crippen molar-refractivity contribution < 1.29 is 0 Å². The fourth-order valence-electron chi connectivity index (χ4n) is 16.9. The van der Waals surface area contributed by atoms with Gasteiger partial charge in [0, 0.05) is 78.5 Å². The van der Waals surface area contributed by atoms with E-state index in [-0.39, 0.29) is 33.8 Å². The normalized spacial score (nSPS) is 13.0. The molecule has 536 valence electrons. The van der Waals surface area contributed by atoms with Crippen LogP contribution in [0.5, 0.6) is 0 Å². The van der Waals surface area contributed by atoms with E-state index in [9.17, 15) is 0 Å². The lowest BCUT2D eigenvalue weighted by atomic mass is 9.33. The van der Waals surface area contributed by atoms with E-state index in [2.05, 4.69) is 439 Å². The summed E-state index contributed by atoms with van der Waals surface area (Å²) in [5.74, 6) is 0. The molecule has 0 saturated heterocycles. The smallest absolute Gasteiger partial charge is 0.252 e. The molecule has 0 saturated carbocycles. The van der Waals surface area contributed by atoms with Gasteiger partial charge in [-0.25, -0.2) is 0 Å². The van der Waals surface area contributed by atoms with Gasteiger partial charge in [-0.05, 0) is 196 Å². The molecule has 4 nitrogen and oxygen atoms in total. The van der Waals surface area contributed by atoms with Crippen molar-refractivity contribution in [3.8, 4) is 61.3 Å². The lowest BCUT2D eigenvalue weighted by Gasteiger charge is -2.46. The third kappa shape index (κ3) is 12.7. The van der Waals surface area contributed by atoms with Crippen LogP contribution >= 0.6 is 0 Å². The van der Waals surface area contributed by atoms with Crippen molar-refractivity contribution in [1.29, 1.82) is 0 Å². The summed E-state index contributed by atoms with van der Waals surface area (Å²) in [4.78, 5) is 7.81. The van der Waals surface area contributed by atoms with E-state index in [1.165, 1.54) is 66.0 Å². The van der Waals surface area contributed by atoms with Crippen LogP contribution in [-0.4, -0.2) is 11.3 Å². The van der Waals surface area contributed by atoms with Gasteiger partial charge in [-0.3, -0.25) is 0 Å². The van der Waals surface area contributed by atoms with Gasteiger partial charge < -0.3 is 19.3 Å². The number of hydrogen-bond acceptors (Lipinski definition) is 3. The van der Waals surface area contributed by atoms with Gasteiger partial charge in [0.2, 0.25) is 0 Å². The van der Waals surface area contributed by atoms with Gasteiger partial charge in [0.1, 0.15) is 0 Å². The predicted octanol–water partition coefficient (Wildman–Crippen LogP) is 27.2. The van der Waals surface area contributed by atoms with E-state index >= 15 is 0 Å². The Morgan fingerprint density at radius 2 is 0.578 bits per heavy atom. The van der Waals surface area contributed by atoms with Gasteiger partial charge in [-0.2, -0.15) is 0 Å². The summed E-state index contributed by atoms with van der Waals surface area (Å²) in [7, 11) is 0.